The molecule has 19 heavy (non-hydrogen) atoms. The van der Waals surface area contributed by atoms with E-state index in [-0.39, 0.29) is 0 Å². The predicted octanol–water partition coefficient (Wildman–Crippen LogP) is 3.69. The number of benzene rings is 1. The summed E-state index contributed by atoms with van der Waals surface area (Å²) in [5.74, 6) is 2.57. The highest BCUT2D eigenvalue weighted by atomic mass is 32.2. The Kier molecular flexibility index (Phi) is 5.59. The third-order valence-corrected chi connectivity index (χ3v) is 5.08. The van der Waals surface area contributed by atoms with Crippen molar-refractivity contribution in [2.45, 2.75) is 38.8 Å². The van der Waals surface area contributed by atoms with Crippen LogP contribution in [0.5, 0.6) is 0 Å². The average molecular weight is 278 g/mol. The fourth-order valence-corrected chi connectivity index (χ4v) is 3.94. The zero-order valence-corrected chi connectivity index (χ0v) is 13.2. The Morgan fingerprint density at radius 2 is 2.21 bits per heavy atom. The Labute approximate surface area is 122 Å². The molecule has 3 heteroatoms. The Morgan fingerprint density at radius 1 is 1.42 bits per heavy atom. The lowest BCUT2D eigenvalue weighted by Gasteiger charge is -2.30. The van der Waals surface area contributed by atoms with Crippen molar-refractivity contribution in [3.63, 3.8) is 0 Å². The maximum absolute atomic E-state index is 3.60. The summed E-state index contributed by atoms with van der Waals surface area (Å²) in [6, 6.07) is 9.96. The van der Waals surface area contributed by atoms with Crippen LogP contribution >= 0.6 is 11.8 Å². The van der Waals surface area contributed by atoms with Gasteiger partial charge in [-0.3, -0.25) is 0 Å². The van der Waals surface area contributed by atoms with Crippen molar-refractivity contribution in [1.29, 1.82) is 0 Å². The first kappa shape index (κ1) is 14.7. The van der Waals surface area contributed by atoms with Gasteiger partial charge in [0.1, 0.15) is 0 Å². The van der Waals surface area contributed by atoms with Crippen molar-refractivity contribution in [2.75, 3.05) is 30.0 Å². The molecule has 2 nitrogen and oxygen atoms in total. The topological polar surface area (TPSA) is 15.3 Å². The first-order valence-corrected chi connectivity index (χ1v) is 8.52. The van der Waals surface area contributed by atoms with Crippen molar-refractivity contribution < 1.29 is 0 Å². The molecule has 1 fully saturated rings. The van der Waals surface area contributed by atoms with E-state index in [4.69, 9.17) is 0 Å². The molecule has 2 unspecified atom stereocenters. The van der Waals surface area contributed by atoms with Crippen LogP contribution in [-0.2, 0) is 0 Å². The molecule has 0 aliphatic carbocycles. The molecule has 0 radical (unpaired) electrons. The van der Waals surface area contributed by atoms with Gasteiger partial charge in [-0.05, 0) is 43.7 Å². The van der Waals surface area contributed by atoms with Crippen LogP contribution in [0.15, 0.2) is 24.3 Å². The van der Waals surface area contributed by atoms with Gasteiger partial charge < -0.3 is 10.2 Å². The molecule has 2 rings (SSSR count). The Hall–Kier alpha value is -0.670. The molecule has 0 saturated carbocycles. The molecule has 1 aromatic rings. The van der Waals surface area contributed by atoms with E-state index in [1.807, 2.05) is 0 Å². The van der Waals surface area contributed by atoms with Crippen LogP contribution in [0, 0.1) is 0 Å². The quantitative estimate of drug-likeness (QED) is 0.854. The van der Waals surface area contributed by atoms with Crippen LogP contribution in [0.25, 0.3) is 0 Å². The monoisotopic (exact) mass is 278 g/mol. The first-order chi connectivity index (χ1) is 9.24. The second-order valence-electron chi connectivity index (χ2n) is 5.36. The second-order valence-corrected chi connectivity index (χ2v) is 6.51. The molecule has 106 valence electrons. The van der Waals surface area contributed by atoms with Crippen molar-refractivity contribution in [1.82, 2.24) is 5.32 Å². The van der Waals surface area contributed by atoms with Gasteiger partial charge >= 0.3 is 0 Å². The lowest BCUT2D eigenvalue weighted by Crippen LogP contribution is -2.33. The van der Waals surface area contributed by atoms with E-state index < -0.39 is 0 Å². The number of thioether (sulfide) groups is 1. The minimum absolute atomic E-state index is 0.424. The molecule has 0 spiro atoms. The fourth-order valence-electron chi connectivity index (χ4n) is 2.67. The number of para-hydroxylation sites is 1. The summed E-state index contributed by atoms with van der Waals surface area (Å²) in [5.41, 5.74) is 2.82. The van der Waals surface area contributed by atoms with Crippen molar-refractivity contribution in [2.24, 2.45) is 0 Å². The van der Waals surface area contributed by atoms with Crippen LogP contribution in [0.4, 0.5) is 5.69 Å². The number of hydrogen-bond acceptors (Lipinski definition) is 3. The van der Waals surface area contributed by atoms with Crippen molar-refractivity contribution >= 4 is 17.4 Å². The molecule has 2 atom stereocenters. The highest BCUT2D eigenvalue weighted by Gasteiger charge is 2.22. The summed E-state index contributed by atoms with van der Waals surface area (Å²) >= 11 is 2.08. The summed E-state index contributed by atoms with van der Waals surface area (Å²) in [6.07, 6.45) is 2.49. The number of anilines is 1. The summed E-state index contributed by atoms with van der Waals surface area (Å²) in [6.45, 7) is 5.57. The fraction of sp³-hybridized carbons (Fsp3) is 0.625. The number of nitrogens with zero attached hydrogens (tertiary/aromatic N) is 1. The molecular weight excluding hydrogens is 252 g/mol. The highest BCUT2D eigenvalue weighted by molar-refractivity contribution is 7.99. The summed E-state index contributed by atoms with van der Waals surface area (Å²) < 4.78 is 0. The van der Waals surface area contributed by atoms with Crippen LogP contribution in [0.2, 0.25) is 0 Å². The summed E-state index contributed by atoms with van der Waals surface area (Å²) in [7, 11) is 2.25. The summed E-state index contributed by atoms with van der Waals surface area (Å²) in [5, 5.41) is 3.60. The molecule has 1 aliphatic rings. The molecule has 0 amide bonds. The van der Waals surface area contributed by atoms with Gasteiger partial charge in [-0.2, -0.15) is 11.8 Å². The zero-order chi connectivity index (χ0) is 13.7. The molecule has 1 heterocycles. The van der Waals surface area contributed by atoms with Gasteiger partial charge in [0.15, 0.2) is 0 Å². The van der Waals surface area contributed by atoms with Crippen LogP contribution in [-0.4, -0.2) is 31.1 Å². The molecule has 1 aliphatic heterocycles. The molecule has 1 aromatic carbocycles. The van der Waals surface area contributed by atoms with E-state index in [1.165, 1.54) is 35.6 Å². The van der Waals surface area contributed by atoms with E-state index in [9.17, 15) is 0 Å². The van der Waals surface area contributed by atoms with Gasteiger partial charge in [0, 0.05) is 30.6 Å². The van der Waals surface area contributed by atoms with Crippen LogP contribution < -0.4 is 10.2 Å². The first-order valence-electron chi connectivity index (χ1n) is 7.37. The predicted molar refractivity (Wildman–Crippen MR) is 87.3 cm³/mol. The molecule has 1 N–H and O–H groups in total. The van der Waals surface area contributed by atoms with Gasteiger partial charge in [-0.25, -0.2) is 0 Å². The van der Waals surface area contributed by atoms with E-state index in [0.717, 1.165) is 6.54 Å². The Bertz CT molecular complexity index is 388. The lowest BCUT2D eigenvalue weighted by molar-refractivity contribution is 0.567. The van der Waals surface area contributed by atoms with E-state index in [1.54, 1.807) is 0 Å². The third kappa shape index (κ3) is 3.67. The molecule has 1 saturated heterocycles. The Balaban J connectivity index is 2.14. The maximum Gasteiger partial charge on any atom is 0.0414 e. The van der Waals surface area contributed by atoms with Gasteiger partial charge in [0.05, 0.1) is 0 Å². The Morgan fingerprint density at radius 3 is 2.89 bits per heavy atom. The maximum atomic E-state index is 3.60. The summed E-state index contributed by atoms with van der Waals surface area (Å²) in [4.78, 5) is 2.49. The van der Waals surface area contributed by atoms with Gasteiger partial charge in [-0.15, -0.1) is 0 Å². The van der Waals surface area contributed by atoms with E-state index >= 15 is 0 Å². The van der Waals surface area contributed by atoms with E-state index in [0.29, 0.717) is 12.1 Å². The van der Waals surface area contributed by atoms with E-state index in [2.05, 4.69) is 67.1 Å². The number of rotatable bonds is 6. The zero-order valence-electron chi connectivity index (χ0n) is 12.4. The number of nitrogens with one attached hydrogen (secondary N) is 1. The standard InChI is InChI=1S/C16H26N2S/c1-4-10-17-13(2)15-7-5-6-8-16(15)18(3)14-9-11-19-12-14/h5-8,13-14,17H,4,9-12H2,1-3H3. The van der Waals surface area contributed by atoms with Gasteiger partial charge in [0.25, 0.3) is 0 Å². The third-order valence-electron chi connectivity index (χ3n) is 3.94. The van der Waals surface area contributed by atoms with Crippen molar-refractivity contribution in [3.8, 4) is 0 Å². The van der Waals surface area contributed by atoms with Gasteiger partial charge in [-0.1, -0.05) is 25.1 Å². The normalized spacial score (nSPS) is 20.5. The number of hydrogen-bond donors (Lipinski definition) is 1. The molecular formula is C16H26N2S. The molecule has 0 bridgehead atoms. The van der Waals surface area contributed by atoms with Gasteiger partial charge in [0.2, 0.25) is 0 Å². The SMILES string of the molecule is CCCNC(C)c1ccccc1N(C)C1CCSC1. The highest BCUT2D eigenvalue weighted by Crippen LogP contribution is 2.31. The largest absolute Gasteiger partial charge is 0.370 e. The smallest absolute Gasteiger partial charge is 0.0414 e. The van der Waals surface area contributed by atoms with Crippen LogP contribution in [0.3, 0.4) is 0 Å². The minimum atomic E-state index is 0.424. The second kappa shape index (κ2) is 7.20. The molecule has 0 aromatic heterocycles. The van der Waals surface area contributed by atoms with Crippen LogP contribution in [0.1, 0.15) is 38.3 Å². The minimum Gasteiger partial charge on any atom is -0.370 e. The lowest BCUT2D eigenvalue weighted by atomic mass is 10.0. The van der Waals surface area contributed by atoms with Crippen molar-refractivity contribution in [3.05, 3.63) is 29.8 Å². The average Bonchev–Trinajstić information content (AvgIpc) is 2.98.